The van der Waals surface area contributed by atoms with Gasteiger partial charge in [-0.05, 0) is 13.8 Å². The zero-order valence-electron chi connectivity index (χ0n) is 9.32. The van der Waals surface area contributed by atoms with E-state index in [4.69, 9.17) is 4.74 Å². The van der Waals surface area contributed by atoms with Crippen molar-refractivity contribution in [1.29, 1.82) is 0 Å². The summed E-state index contributed by atoms with van der Waals surface area (Å²) in [6, 6.07) is 0. The van der Waals surface area contributed by atoms with Crippen LogP contribution in [-0.4, -0.2) is 36.1 Å². The van der Waals surface area contributed by atoms with Crippen LogP contribution < -0.4 is 0 Å². The molecule has 0 aromatic carbocycles. The average Bonchev–Trinajstić information content (AvgIpc) is 2.60. The number of amides is 1. The summed E-state index contributed by atoms with van der Waals surface area (Å²) in [5.41, 5.74) is 0.935. The second-order valence-corrected chi connectivity index (χ2v) is 4.31. The number of likely N-dealkylation sites (N-methyl/N-ethyl adjacent to an activating group) is 1. The van der Waals surface area contributed by atoms with Crippen molar-refractivity contribution in [3.63, 3.8) is 0 Å². The molecule has 0 fully saturated rings. The lowest BCUT2D eigenvalue weighted by Gasteiger charge is -2.15. The molecule has 0 aliphatic rings. The van der Waals surface area contributed by atoms with Gasteiger partial charge in [-0.3, -0.25) is 4.79 Å². The van der Waals surface area contributed by atoms with Gasteiger partial charge in [0.15, 0.2) is 0 Å². The molecule has 1 rings (SSSR count). The standard InChI is InChI=1S/C10H16N2O2S/c1-4-14-6-10(13)12(3)5-9-7-15-8(2)11-9/h7H,4-6H2,1-3H3. The number of rotatable bonds is 5. The third-order valence-electron chi connectivity index (χ3n) is 1.92. The Morgan fingerprint density at radius 2 is 2.40 bits per heavy atom. The fourth-order valence-corrected chi connectivity index (χ4v) is 1.72. The molecule has 0 aliphatic carbocycles. The molecule has 0 unspecified atom stereocenters. The zero-order chi connectivity index (χ0) is 11.3. The maximum atomic E-state index is 11.5. The number of thiazole rings is 1. The van der Waals surface area contributed by atoms with E-state index in [9.17, 15) is 4.79 Å². The maximum absolute atomic E-state index is 11.5. The van der Waals surface area contributed by atoms with Crippen molar-refractivity contribution in [2.45, 2.75) is 20.4 Å². The quantitative estimate of drug-likeness (QED) is 0.766. The molecule has 1 aromatic rings. The van der Waals surface area contributed by atoms with Gasteiger partial charge in [0.2, 0.25) is 5.91 Å². The smallest absolute Gasteiger partial charge is 0.248 e. The highest BCUT2D eigenvalue weighted by molar-refractivity contribution is 7.09. The van der Waals surface area contributed by atoms with Crippen molar-refractivity contribution in [3.8, 4) is 0 Å². The van der Waals surface area contributed by atoms with Gasteiger partial charge >= 0.3 is 0 Å². The molecule has 0 saturated carbocycles. The minimum Gasteiger partial charge on any atom is -0.372 e. The minimum absolute atomic E-state index is 0.0116. The van der Waals surface area contributed by atoms with E-state index in [2.05, 4.69) is 4.98 Å². The highest BCUT2D eigenvalue weighted by Gasteiger charge is 2.10. The predicted molar refractivity (Wildman–Crippen MR) is 59.8 cm³/mol. The molecule has 1 aromatic heterocycles. The molecular weight excluding hydrogens is 212 g/mol. The SMILES string of the molecule is CCOCC(=O)N(C)Cc1csc(C)n1. The van der Waals surface area contributed by atoms with Crippen LogP contribution in [0.1, 0.15) is 17.6 Å². The third kappa shape index (κ3) is 3.97. The first-order chi connectivity index (χ1) is 7.13. The van der Waals surface area contributed by atoms with Crippen molar-refractivity contribution >= 4 is 17.2 Å². The van der Waals surface area contributed by atoms with Crippen LogP contribution in [0.25, 0.3) is 0 Å². The van der Waals surface area contributed by atoms with E-state index in [0.717, 1.165) is 10.7 Å². The number of hydrogen-bond donors (Lipinski definition) is 0. The number of nitrogens with zero attached hydrogens (tertiary/aromatic N) is 2. The summed E-state index contributed by atoms with van der Waals surface area (Å²) in [6.07, 6.45) is 0. The number of carbonyl (C=O) groups is 1. The van der Waals surface area contributed by atoms with E-state index < -0.39 is 0 Å². The van der Waals surface area contributed by atoms with Gasteiger partial charge in [0.25, 0.3) is 0 Å². The molecule has 0 radical (unpaired) electrons. The van der Waals surface area contributed by atoms with E-state index in [0.29, 0.717) is 13.2 Å². The molecule has 0 atom stereocenters. The van der Waals surface area contributed by atoms with Crippen molar-refractivity contribution in [2.75, 3.05) is 20.3 Å². The summed E-state index contributed by atoms with van der Waals surface area (Å²) in [5, 5.41) is 3.00. The lowest BCUT2D eigenvalue weighted by atomic mass is 10.4. The molecule has 0 saturated heterocycles. The molecule has 15 heavy (non-hydrogen) atoms. The van der Waals surface area contributed by atoms with Gasteiger partial charge in [-0.15, -0.1) is 11.3 Å². The lowest BCUT2D eigenvalue weighted by molar-refractivity contribution is -0.135. The van der Waals surface area contributed by atoms with Crippen molar-refractivity contribution in [2.24, 2.45) is 0 Å². The van der Waals surface area contributed by atoms with E-state index in [1.165, 1.54) is 0 Å². The Hall–Kier alpha value is -0.940. The first-order valence-electron chi connectivity index (χ1n) is 4.86. The number of carbonyl (C=O) groups excluding carboxylic acids is 1. The monoisotopic (exact) mass is 228 g/mol. The topological polar surface area (TPSA) is 42.4 Å². The second-order valence-electron chi connectivity index (χ2n) is 3.24. The normalized spacial score (nSPS) is 10.3. The number of aryl methyl sites for hydroxylation is 1. The van der Waals surface area contributed by atoms with Crippen LogP contribution in [0.5, 0.6) is 0 Å². The van der Waals surface area contributed by atoms with Gasteiger partial charge < -0.3 is 9.64 Å². The van der Waals surface area contributed by atoms with Gasteiger partial charge in [0, 0.05) is 19.0 Å². The van der Waals surface area contributed by atoms with E-state index in [1.54, 1.807) is 23.3 Å². The number of aromatic nitrogens is 1. The molecule has 1 heterocycles. The Labute approximate surface area is 93.9 Å². The van der Waals surface area contributed by atoms with Crippen LogP contribution in [0, 0.1) is 6.92 Å². The Kier molecular flexibility index (Phi) is 4.71. The van der Waals surface area contributed by atoms with Crippen LogP contribution in [0.15, 0.2) is 5.38 Å². The first kappa shape index (κ1) is 12.1. The summed E-state index contributed by atoms with van der Waals surface area (Å²) in [6.45, 7) is 5.09. The highest BCUT2D eigenvalue weighted by atomic mass is 32.1. The summed E-state index contributed by atoms with van der Waals surface area (Å²) in [7, 11) is 1.76. The maximum Gasteiger partial charge on any atom is 0.248 e. The summed E-state index contributed by atoms with van der Waals surface area (Å²) in [5.74, 6) is -0.0116. The van der Waals surface area contributed by atoms with E-state index in [-0.39, 0.29) is 12.5 Å². The van der Waals surface area contributed by atoms with E-state index >= 15 is 0 Å². The van der Waals surface area contributed by atoms with Gasteiger partial charge in [-0.25, -0.2) is 4.98 Å². The van der Waals surface area contributed by atoms with Crippen LogP contribution >= 0.6 is 11.3 Å². The third-order valence-corrected chi connectivity index (χ3v) is 2.74. The van der Waals surface area contributed by atoms with E-state index in [1.807, 2.05) is 19.2 Å². The van der Waals surface area contributed by atoms with Crippen molar-refractivity contribution < 1.29 is 9.53 Å². The second kappa shape index (κ2) is 5.82. The molecule has 0 aliphatic heterocycles. The molecular formula is C10H16N2O2S. The van der Waals surface area contributed by atoms with Crippen LogP contribution in [0.2, 0.25) is 0 Å². The van der Waals surface area contributed by atoms with Crippen molar-refractivity contribution in [1.82, 2.24) is 9.88 Å². The fourth-order valence-electron chi connectivity index (χ4n) is 1.11. The minimum atomic E-state index is -0.0116. The molecule has 4 nitrogen and oxygen atoms in total. The number of hydrogen-bond acceptors (Lipinski definition) is 4. The fraction of sp³-hybridized carbons (Fsp3) is 0.600. The van der Waals surface area contributed by atoms with Gasteiger partial charge in [0.05, 0.1) is 17.2 Å². The molecule has 0 spiro atoms. The molecule has 0 N–H and O–H groups in total. The predicted octanol–water partition coefficient (Wildman–Crippen LogP) is 1.45. The summed E-state index contributed by atoms with van der Waals surface area (Å²) < 4.78 is 5.05. The van der Waals surface area contributed by atoms with Crippen molar-refractivity contribution in [3.05, 3.63) is 16.1 Å². The summed E-state index contributed by atoms with van der Waals surface area (Å²) in [4.78, 5) is 17.4. The van der Waals surface area contributed by atoms with Crippen LogP contribution in [0.4, 0.5) is 0 Å². The Morgan fingerprint density at radius 1 is 1.67 bits per heavy atom. The Bertz CT molecular complexity index is 325. The molecule has 1 amide bonds. The van der Waals surface area contributed by atoms with Gasteiger partial charge in [0.1, 0.15) is 6.61 Å². The average molecular weight is 228 g/mol. The van der Waals surface area contributed by atoms with Gasteiger partial charge in [-0.1, -0.05) is 0 Å². The molecule has 84 valence electrons. The van der Waals surface area contributed by atoms with Crippen LogP contribution in [0.3, 0.4) is 0 Å². The summed E-state index contributed by atoms with van der Waals surface area (Å²) >= 11 is 1.60. The molecule has 0 bridgehead atoms. The Balaban J connectivity index is 2.41. The first-order valence-corrected chi connectivity index (χ1v) is 5.74. The molecule has 5 heteroatoms. The van der Waals surface area contributed by atoms with Gasteiger partial charge in [-0.2, -0.15) is 0 Å². The highest BCUT2D eigenvalue weighted by Crippen LogP contribution is 2.09. The Morgan fingerprint density at radius 3 is 2.93 bits per heavy atom. The van der Waals surface area contributed by atoms with Crippen LogP contribution in [-0.2, 0) is 16.1 Å². The largest absolute Gasteiger partial charge is 0.372 e. The lowest BCUT2D eigenvalue weighted by Crippen LogP contribution is -2.29. The zero-order valence-corrected chi connectivity index (χ0v) is 10.1. The number of ether oxygens (including phenoxy) is 1.